The van der Waals surface area contributed by atoms with Crippen LogP contribution in [-0.4, -0.2) is 51.0 Å². The van der Waals surface area contributed by atoms with Crippen molar-refractivity contribution in [2.75, 3.05) is 26.7 Å². The Morgan fingerprint density at radius 3 is 2.88 bits per heavy atom. The molecule has 2 aromatic rings. The monoisotopic (exact) mass is 325 g/mol. The van der Waals surface area contributed by atoms with Crippen LogP contribution < -0.4 is 0 Å². The summed E-state index contributed by atoms with van der Waals surface area (Å²) in [6.07, 6.45) is 9.80. The second-order valence-corrected chi connectivity index (χ2v) is 7.34. The van der Waals surface area contributed by atoms with Crippen LogP contribution in [-0.2, 0) is 26.1 Å². The van der Waals surface area contributed by atoms with Gasteiger partial charge in [-0.3, -0.25) is 9.88 Å². The van der Waals surface area contributed by atoms with E-state index in [-0.39, 0.29) is 0 Å². The number of aromatic nitrogens is 3. The molecule has 1 aliphatic carbocycles. The summed E-state index contributed by atoms with van der Waals surface area (Å²) in [6, 6.07) is 4.14. The van der Waals surface area contributed by atoms with Gasteiger partial charge in [0.25, 0.3) is 0 Å². The summed E-state index contributed by atoms with van der Waals surface area (Å²) in [7, 11) is 2.17. The zero-order chi connectivity index (χ0) is 16.4. The van der Waals surface area contributed by atoms with E-state index in [1.165, 1.54) is 49.6 Å². The van der Waals surface area contributed by atoms with Gasteiger partial charge in [0.1, 0.15) is 5.82 Å². The van der Waals surface area contributed by atoms with Gasteiger partial charge in [0.05, 0.1) is 5.69 Å². The molecule has 5 nitrogen and oxygen atoms in total. The SMILES string of the molecule is CN(Cc1cccnc1)Cc1cnc2n1CCN(CC1CC1)CC2. The van der Waals surface area contributed by atoms with Gasteiger partial charge in [0, 0.05) is 64.3 Å². The minimum Gasteiger partial charge on any atom is -0.329 e. The molecule has 5 heteroatoms. The van der Waals surface area contributed by atoms with Crippen LogP contribution in [0.3, 0.4) is 0 Å². The Balaban J connectivity index is 1.38. The van der Waals surface area contributed by atoms with Gasteiger partial charge < -0.3 is 9.47 Å². The van der Waals surface area contributed by atoms with Gasteiger partial charge in [0.2, 0.25) is 0 Å². The standard InChI is InChI=1S/C19H27N5/c1-22(13-17-3-2-7-20-11-17)15-18-12-21-19-6-8-23(9-10-24(18)19)14-16-4-5-16/h2-3,7,11-12,16H,4-6,8-10,13-15H2,1H3. The molecule has 24 heavy (non-hydrogen) atoms. The lowest BCUT2D eigenvalue weighted by atomic mass is 10.2. The lowest BCUT2D eigenvalue weighted by Crippen LogP contribution is -2.29. The van der Waals surface area contributed by atoms with Crippen LogP contribution in [0.1, 0.15) is 29.9 Å². The van der Waals surface area contributed by atoms with Crippen molar-refractivity contribution in [3.63, 3.8) is 0 Å². The zero-order valence-corrected chi connectivity index (χ0v) is 14.6. The van der Waals surface area contributed by atoms with Gasteiger partial charge in [-0.25, -0.2) is 4.98 Å². The fourth-order valence-corrected chi connectivity index (χ4v) is 3.65. The molecule has 0 bridgehead atoms. The van der Waals surface area contributed by atoms with E-state index >= 15 is 0 Å². The van der Waals surface area contributed by atoms with Crippen molar-refractivity contribution in [2.24, 2.45) is 5.92 Å². The van der Waals surface area contributed by atoms with Crippen LogP contribution in [0.4, 0.5) is 0 Å². The van der Waals surface area contributed by atoms with Gasteiger partial charge in [0.15, 0.2) is 0 Å². The van der Waals surface area contributed by atoms with Crippen molar-refractivity contribution in [3.8, 4) is 0 Å². The Bertz CT molecular complexity index is 662. The fraction of sp³-hybridized carbons (Fsp3) is 0.579. The quantitative estimate of drug-likeness (QED) is 0.816. The van der Waals surface area contributed by atoms with E-state index in [0.29, 0.717) is 0 Å². The second kappa shape index (κ2) is 7.03. The number of hydrogen-bond donors (Lipinski definition) is 0. The molecule has 2 aliphatic rings. The molecule has 128 valence electrons. The minimum atomic E-state index is 0.919. The van der Waals surface area contributed by atoms with Crippen LogP contribution in [0.5, 0.6) is 0 Å². The second-order valence-electron chi connectivity index (χ2n) is 7.34. The molecular formula is C19H27N5. The fourth-order valence-electron chi connectivity index (χ4n) is 3.65. The Morgan fingerprint density at radius 2 is 2.08 bits per heavy atom. The molecule has 1 saturated carbocycles. The normalized spacial score (nSPS) is 18.6. The molecule has 0 saturated heterocycles. The van der Waals surface area contributed by atoms with E-state index in [2.05, 4.69) is 38.7 Å². The molecule has 0 N–H and O–H groups in total. The van der Waals surface area contributed by atoms with Crippen molar-refractivity contribution in [1.29, 1.82) is 0 Å². The number of pyridine rings is 1. The van der Waals surface area contributed by atoms with Gasteiger partial charge in [-0.05, 0) is 37.4 Å². The third-order valence-corrected chi connectivity index (χ3v) is 5.13. The van der Waals surface area contributed by atoms with Crippen molar-refractivity contribution >= 4 is 0 Å². The highest BCUT2D eigenvalue weighted by Gasteiger charge is 2.26. The van der Waals surface area contributed by atoms with E-state index < -0.39 is 0 Å². The molecule has 1 fully saturated rings. The molecule has 0 atom stereocenters. The van der Waals surface area contributed by atoms with E-state index in [9.17, 15) is 0 Å². The molecule has 0 unspecified atom stereocenters. The number of fused-ring (bicyclic) bond motifs is 1. The summed E-state index contributed by atoms with van der Waals surface area (Å²) in [5.41, 5.74) is 2.59. The average Bonchev–Trinajstić information content (AvgIpc) is 3.36. The van der Waals surface area contributed by atoms with Gasteiger partial charge >= 0.3 is 0 Å². The summed E-state index contributed by atoms with van der Waals surface area (Å²) in [5.74, 6) is 2.23. The molecule has 0 spiro atoms. The maximum absolute atomic E-state index is 4.70. The molecule has 3 heterocycles. The van der Waals surface area contributed by atoms with Crippen molar-refractivity contribution in [3.05, 3.63) is 47.8 Å². The minimum absolute atomic E-state index is 0.919. The van der Waals surface area contributed by atoms with Gasteiger partial charge in [-0.2, -0.15) is 0 Å². The first-order valence-corrected chi connectivity index (χ1v) is 9.11. The first-order valence-electron chi connectivity index (χ1n) is 9.11. The number of imidazole rings is 1. The molecule has 0 aromatic carbocycles. The average molecular weight is 325 g/mol. The summed E-state index contributed by atoms with van der Waals surface area (Å²) in [4.78, 5) is 13.9. The highest BCUT2D eigenvalue weighted by atomic mass is 15.2. The summed E-state index contributed by atoms with van der Waals surface area (Å²) in [5, 5.41) is 0. The third kappa shape index (κ3) is 3.84. The smallest absolute Gasteiger partial charge is 0.110 e. The summed E-state index contributed by atoms with van der Waals surface area (Å²) < 4.78 is 2.45. The van der Waals surface area contributed by atoms with Gasteiger partial charge in [-0.15, -0.1) is 0 Å². The largest absolute Gasteiger partial charge is 0.329 e. The molecular weight excluding hydrogens is 298 g/mol. The predicted octanol–water partition coefficient (Wildman–Crippen LogP) is 2.18. The van der Waals surface area contributed by atoms with Crippen molar-refractivity contribution in [2.45, 2.75) is 38.9 Å². The predicted molar refractivity (Wildman–Crippen MR) is 94.5 cm³/mol. The van der Waals surface area contributed by atoms with Crippen LogP contribution in [0.25, 0.3) is 0 Å². The van der Waals surface area contributed by atoms with Crippen LogP contribution >= 0.6 is 0 Å². The number of nitrogens with zero attached hydrogens (tertiary/aromatic N) is 5. The lowest BCUT2D eigenvalue weighted by molar-refractivity contribution is 0.265. The van der Waals surface area contributed by atoms with E-state index in [1.54, 1.807) is 0 Å². The Labute approximate surface area is 144 Å². The van der Waals surface area contributed by atoms with Crippen molar-refractivity contribution < 1.29 is 0 Å². The van der Waals surface area contributed by atoms with Crippen molar-refractivity contribution in [1.82, 2.24) is 24.3 Å². The molecule has 2 aromatic heterocycles. The van der Waals surface area contributed by atoms with E-state index in [1.807, 2.05) is 18.5 Å². The highest BCUT2D eigenvalue weighted by molar-refractivity contribution is 5.10. The van der Waals surface area contributed by atoms with Gasteiger partial charge in [-0.1, -0.05) is 6.07 Å². The zero-order valence-electron chi connectivity index (χ0n) is 14.6. The third-order valence-electron chi connectivity index (χ3n) is 5.13. The summed E-state index contributed by atoms with van der Waals surface area (Å²) in [6.45, 7) is 6.56. The summed E-state index contributed by atoms with van der Waals surface area (Å²) >= 11 is 0. The Kier molecular flexibility index (Phi) is 4.63. The molecule has 4 rings (SSSR count). The van der Waals surface area contributed by atoms with E-state index in [4.69, 9.17) is 4.98 Å². The van der Waals surface area contributed by atoms with Crippen LogP contribution in [0, 0.1) is 5.92 Å². The first kappa shape index (κ1) is 15.8. The maximum atomic E-state index is 4.70. The lowest BCUT2D eigenvalue weighted by Gasteiger charge is -2.20. The number of hydrogen-bond acceptors (Lipinski definition) is 4. The molecule has 1 aliphatic heterocycles. The molecule has 0 radical (unpaired) electrons. The molecule has 0 amide bonds. The van der Waals surface area contributed by atoms with Crippen LogP contribution in [0.15, 0.2) is 30.7 Å². The topological polar surface area (TPSA) is 37.2 Å². The Hall–Kier alpha value is -1.72. The Morgan fingerprint density at radius 1 is 1.17 bits per heavy atom. The highest BCUT2D eigenvalue weighted by Crippen LogP contribution is 2.30. The maximum Gasteiger partial charge on any atom is 0.110 e. The number of rotatable bonds is 6. The van der Waals surface area contributed by atoms with E-state index in [0.717, 1.165) is 32.0 Å². The first-order chi connectivity index (χ1) is 11.8. The van der Waals surface area contributed by atoms with Crippen LogP contribution in [0.2, 0.25) is 0 Å².